The zero-order valence-electron chi connectivity index (χ0n) is 15.6. The van der Waals surface area contributed by atoms with Crippen LogP contribution in [0.4, 0.5) is 5.13 Å². The lowest BCUT2D eigenvalue weighted by Gasteiger charge is -2.21. The molecule has 1 heterocycles. The molecule has 0 saturated carbocycles. The fraction of sp³-hybridized carbons (Fsp3) is 0.300. The maximum Gasteiger partial charge on any atom is 0.260 e. The Morgan fingerprint density at radius 3 is 2.63 bits per heavy atom. The van der Waals surface area contributed by atoms with Crippen molar-refractivity contribution in [3.63, 3.8) is 0 Å². The monoisotopic (exact) mass is 467 g/mol. The smallest absolute Gasteiger partial charge is 0.260 e. The molecule has 144 valence electrons. The summed E-state index contributed by atoms with van der Waals surface area (Å²) in [7, 11) is 4.09. The third kappa shape index (κ3) is 5.51. The molecule has 0 bridgehead atoms. The van der Waals surface area contributed by atoms with Gasteiger partial charge in [0.05, 0.1) is 10.2 Å². The third-order valence-corrected chi connectivity index (χ3v) is 5.60. The summed E-state index contributed by atoms with van der Waals surface area (Å²) >= 11 is 5.06. The maximum absolute atomic E-state index is 13.2. The van der Waals surface area contributed by atoms with Crippen LogP contribution in [0.2, 0.25) is 0 Å². The lowest BCUT2D eigenvalue weighted by Crippen LogP contribution is -2.33. The van der Waals surface area contributed by atoms with Gasteiger partial charge >= 0.3 is 0 Å². The molecule has 0 aliphatic heterocycles. The van der Waals surface area contributed by atoms with Gasteiger partial charge in [-0.25, -0.2) is 4.98 Å². The molecule has 0 aliphatic rings. The number of rotatable bonds is 6. The Balaban J connectivity index is 0.00000261. The first-order valence-corrected chi connectivity index (χ1v) is 10.1. The minimum Gasteiger partial charge on any atom is -0.309 e. The van der Waals surface area contributed by atoms with Crippen molar-refractivity contribution < 1.29 is 4.79 Å². The van der Waals surface area contributed by atoms with E-state index in [4.69, 9.17) is 4.98 Å². The lowest BCUT2D eigenvalue weighted by atomic mass is 10.1. The first-order valence-electron chi connectivity index (χ1n) is 8.53. The normalized spacial score (nSPS) is 10.9. The van der Waals surface area contributed by atoms with Crippen molar-refractivity contribution >= 4 is 60.9 Å². The quantitative estimate of drug-likeness (QED) is 0.487. The molecule has 0 radical (unpaired) electrons. The van der Waals surface area contributed by atoms with E-state index < -0.39 is 0 Å². The highest BCUT2D eigenvalue weighted by Crippen LogP contribution is 2.31. The summed E-state index contributed by atoms with van der Waals surface area (Å²) in [4.78, 5) is 21.8. The highest BCUT2D eigenvalue weighted by molar-refractivity contribution is 9.10. The Kier molecular flexibility index (Phi) is 7.79. The van der Waals surface area contributed by atoms with Gasteiger partial charge in [-0.3, -0.25) is 9.69 Å². The average molecular weight is 469 g/mol. The molecule has 0 atom stereocenters. The fourth-order valence-corrected chi connectivity index (χ4v) is 4.31. The molecule has 27 heavy (non-hydrogen) atoms. The van der Waals surface area contributed by atoms with Gasteiger partial charge in [-0.05, 0) is 64.3 Å². The van der Waals surface area contributed by atoms with E-state index in [9.17, 15) is 4.79 Å². The highest BCUT2D eigenvalue weighted by Gasteiger charge is 2.21. The van der Waals surface area contributed by atoms with Crippen LogP contribution >= 0.6 is 39.7 Å². The number of amides is 1. The van der Waals surface area contributed by atoms with Gasteiger partial charge in [0.15, 0.2) is 5.13 Å². The van der Waals surface area contributed by atoms with Gasteiger partial charge in [-0.15, -0.1) is 12.4 Å². The third-order valence-electron chi connectivity index (χ3n) is 4.07. The average Bonchev–Trinajstić information content (AvgIpc) is 3.00. The Morgan fingerprint density at radius 1 is 1.15 bits per heavy atom. The van der Waals surface area contributed by atoms with Crippen molar-refractivity contribution in [1.82, 2.24) is 9.88 Å². The Morgan fingerprint density at radius 2 is 1.93 bits per heavy atom. The number of carbonyl (C=O) groups is 1. The van der Waals surface area contributed by atoms with E-state index in [1.54, 1.807) is 11.3 Å². The van der Waals surface area contributed by atoms with Crippen LogP contribution in [-0.4, -0.2) is 43.0 Å². The molecule has 1 amide bonds. The fourth-order valence-electron chi connectivity index (χ4n) is 2.76. The number of halogens is 2. The molecule has 0 spiro atoms. The van der Waals surface area contributed by atoms with E-state index in [0.717, 1.165) is 38.3 Å². The van der Waals surface area contributed by atoms with Crippen LogP contribution in [0.25, 0.3) is 10.2 Å². The number of benzene rings is 2. The summed E-state index contributed by atoms with van der Waals surface area (Å²) in [6.45, 7) is 3.57. The number of anilines is 1. The van der Waals surface area contributed by atoms with Crippen molar-refractivity contribution in [3.8, 4) is 0 Å². The highest BCUT2D eigenvalue weighted by atomic mass is 79.9. The van der Waals surface area contributed by atoms with Crippen LogP contribution < -0.4 is 4.90 Å². The molecule has 2 aromatic carbocycles. The van der Waals surface area contributed by atoms with Crippen LogP contribution in [-0.2, 0) is 0 Å². The second-order valence-corrected chi connectivity index (χ2v) is 8.52. The van der Waals surface area contributed by atoms with E-state index in [0.29, 0.717) is 12.1 Å². The number of hydrogen-bond donors (Lipinski definition) is 0. The van der Waals surface area contributed by atoms with Gasteiger partial charge < -0.3 is 4.90 Å². The molecular formula is C20H23BrClN3OS. The number of aryl methyl sites for hydroxylation is 1. The first kappa shape index (κ1) is 21.8. The largest absolute Gasteiger partial charge is 0.309 e. The van der Waals surface area contributed by atoms with Gasteiger partial charge in [-0.1, -0.05) is 45.0 Å². The van der Waals surface area contributed by atoms with Crippen LogP contribution in [0.1, 0.15) is 22.3 Å². The van der Waals surface area contributed by atoms with Gasteiger partial charge in [0, 0.05) is 16.6 Å². The molecule has 7 heteroatoms. The number of carbonyl (C=O) groups excluding carboxylic acids is 1. The summed E-state index contributed by atoms with van der Waals surface area (Å²) in [5.74, 6) is 0.00516. The molecule has 4 nitrogen and oxygen atoms in total. The summed E-state index contributed by atoms with van der Waals surface area (Å²) in [6, 6.07) is 13.7. The standard InChI is InChI=1S/C20H22BrN3OS.ClH/c1-14-6-4-7-15(12-14)19(25)24(11-5-10-23(2)3)20-22-17-9-8-16(21)13-18(17)26-20;/h4,6-9,12-13H,5,10-11H2,1-3H3;1H. The number of hydrogen-bond acceptors (Lipinski definition) is 4. The molecule has 0 fully saturated rings. The van der Waals surface area contributed by atoms with Crippen molar-refractivity contribution in [2.24, 2.45) is 0 Å². The Hall–Kier alpha value is -1.47. The van der Waals surface area contributed by atoms with Crippen molar-refractivity contribution in [2.45, 2.75) is 13.3 Å². The lowest BCUT2D eigenvalue weighted by molar-refractivity contribution is 0.0986. The zero-order chi connectivity index (χ0) is 18.7. The molecule has 0 N–H and O–H groups in total. The number of fused-ring (bicyclic) bond motifs is 1. The molecule has 3 aromatic rings. The zero-order valence-corrected chi connectivity index (χ0v) is 18.8. The number of thiazole rings is 1. The first-order chi connectivity index (χ1) is 12.4. The number of nitrogens with zero attached hydrogens (tertiary/aromatic N) is 3. The van der Waals surface area contributed by atoms with Crippen LogP contribution in [0.3, 0.4) is 0 Å². The van der Waals surface area contributed by atoms with Crippen LogP contribution in [0.5, 0.6) is 0 Å². The van der Waals surface area contributed by atoms with Crippen molar-refractivity contribution in [1.29, 1.82) is 0 Å². The molecule has 0 unspecified atom stereocenters. The van der Waals surface area contributed by atoms with Crippen LogP contribution in [0, 0.1) is 6.92 Å². The van der Waals surface area contributed by atoms with Crippen LogP contribution in [0.15, 0.2) is 46.9 Å². The van der Waals surface area contributed by atoms with E-state index in [1.807, 2.05) is 68.4 Å². The SMILES string of the molecule is Cc1cccc(C(=O)N(CCCN(C)C)c2nc3ccc(Br)cc3s2)c1.Cl. The predicted molar refractivity (Wildman–Crippen MR) is 121 cm³/mol. The topological polar surface area (TPSA) is 36.4 Å². The minimum absolute atomic E-state index is 0. The number of aromatic nitrogens is 1. The summed E-state index contributed by atoms with van der Waals surface area (Å²) in [6.07, 6.45) is 0.893. The minimum atomic E-state index is 0. The molecule has 3 rings (SSSR count). The van der Waals surface area contributed by atoms with Gasteiger partial charge in [0.25, 0.3) is 5.91 Å². The van der Waals surface area contributed by atoms with Gasteiger partial charge in [0.1, 0.15) is 0 Å². The van der Waals surface area contributed by atoms with Gasteiger partial charge in [-0.2, -0.15) is 0 Å². The van der Waals surface area contributed by atoms with Gasteiger partial charge in [0.2, 0.25) is 0 Å². The Labute approximate surface area is 178 Å². The maximum atomic E-state index is 13.2. The van der Waals surface area contributed by atoms with E-state index in [-0.39, 0.29) is 18.3 Å². The summed E-state index contributed by atoms with van der Waals surface area (Å²) < 4.78 is 2.09. The Bertz CT molecular complexity index is 928. The molecule has 0 saturated heterocycles. The predicted octanol–water partition coefficient (Wildman–Crippen LogP) is 5.39. The second kappa shape index (κ2) is 9.64. The van der Waals surface area contributed by atoms with E-state index >= 15 is 0 Å². The van der Waals surface area contributed by atoms with Crippen molar-refractivity contribution in [3.05, 3.63) is 58.1 Å². The van der Waals surface area contributed by atoms with E-state index in [1.165, 1.54) is 0 Å². The molecule has 0 aliphatic carbocycles. The van der Waals surface area contributed by atoms with E-state index in [2.05, 4.69) is 20.8 Å². The molecular weight excluding hydrogens is 446 g/mol. The second-order valence-electron chi connectivity index (χ2n) is 6.59. The molecule has 1 aromatic heterocycles. The van der Waals surface area contributed by atoms with Crippen molar-refractivity contribution in [2.75, 3.05) is 32.1 Å². The summed E-state index contributed by atoms with van der Waals surface area (Å²) in [5, 5.41) is 0.753. The summed E-state index contributed by atoms with van der Waals surface area (Å²) in [5.41, 5.74) is 2.70.